The number of rotatable bonds is 8. The van der Waals surface area contributed by atoms with E-state index in [1.165, 1.54) is 5.56 Å². The number of carboxylic acids is 1. The first-order valence-corrected chi connectivity index (χ1v) is 12.8. The van der Waals surface area contributed by atoms with Crippen LogP contribution in [0.15, 0.2) is 54.7 Å². The van der Waals surface area contributed by atoms with Crippen LogP contribution in [0.2, 0.25) is 0 Å². The SMILES string of the molecule is CCCCC(C)(C)O[C@H](C(=O)O)c1c(C)cc2ccccc2c1-c1ccc2c3c(ccnc13)CCO2. The van der Waals surface area contributed by atoms with Crippen LogP contribution in [0.3, 0.4) is 0 Å². The van der Waals surface area contributed by atoms with Crippen molar-refractivity contribution in [2.75, 3.05) is 6.61 Å². The highest BCUT2D eigenvalue weighted by molar-refractivity contribution is 6.08. The highest BCUT2D eigenvalue weighted by Gasteiger charge is 2.34. The van der Waals surface area contributed by atoms with E-state index in [0.29, 0.717) is 12.2 Å². The molecule has 1 aliphatic rings. The van der Waals surface area contributed by atoms with Gasteiger partial charge in [0.15, 0.2) is 6.10 Å². The lowest BCUT2D eigenvalue weighted by Gasteiger charge is -2.31. The van der Waals surface area contributed by atoms with Crippen LogP contribution in [0, 0.1) is 6.92 Å². The molecule has 2 heterocycles. The molecule has 5 heteroatoms. The van der Waals surface area contributed by atoms with Gasteiger partial charge in [0.2, 0.25) is 0 Å². The number of fused-ring (bicyclic) bond motifs is 1. The molecule has 4 aromatic rings. The van der Waals surface area contributed by atoms with Crippen LogP contribution in [-0.2, 0) is 16.0 Å². The van der Waals surface area contributed by atoms with E-state index in [9.17, 15) is 9.90 Å². The van der Waals surface area contributed by atoms with Gasteiger partial charge in [0.05, 0.1) is 17.7 Å². The summed E-state index contributed by atoms with van der Waals surface area (Å²) in [6, 6.07) is 16.2. The smallest absolute Gasteiger partial charge is 0.337 e. The van der Waals surface area contributed by atoms with Crippen LogP contribution in [0.5, 0.6) is 5.75 Å². The lowest BCUT2D eigenvalue weighted by molar-refractivity contribution is -0.163. The number of carbonyl (C=O) groups is 1. The fourth-order valence-corrected chi connectivity index (χ4v) is 5.45. The Kier molecular flexibility index (Phi) is 6.44. The molecule has 0 saturated carbocycles. The van der Waals surface area contributed by atoms with Gasteiger partial charge in [-0.1, -0.05) is 50.1 Å². The molecule has 0 aliphatic carbocycles. The normalized spacial score (nSPS) is 14.1. The zero-order chi connectivity index (χ0) is 25.4. The summed E-state index contributed by atoms with van der Waals surface area (Å²) in [7, 11) is 0. The van der Waals surface area contributed by atoms with E-state index in [4.69, 9.17) is 14.5 Å². The van der Waals surface area contributed by atoms with E-state index in [1.54, 1.807) is 0 Å². The van der Waals surface area contributed by atoms with Crippen molar-refractivity contribution in [2.24, 2.45) is 0 Å². The van der Waals surface area contributed by atoms with Crippen LogP contribution in [0.4, 0.5) is 0 Å². The Morgan fingerprint density at radius 3 is 2.78 bits per heavy atom. The Bertz CT molecular complexity index is 1450. The maximum Gasteiger partial charge on any atom is 0.337 e. The van der Waals surface area contributed by atoms with Crippen LogP contribution < -0.4 is 4.74 Å². The first-order valence-electron chi connectivity index (χ1n) is 12.8. The zero-order valence-electron chi connectivity index (χ0n) is 21.4. The van der Waals surface area contributed by atoms with Crippen molar-refractivity contribution in [1.29, 1.82) is 0 Å². The number of benzene rings is 3. The monoisotopic (exact) mass is 483 g/mol. The van der Waals surface area contributed by atoms with Gasteiger partial charge >= 0.3 is 5.97 Å². The Balaban J connectivity index is 1.81. The summed E-state index contributed by atoms with van der Waals surface area (Å²) in [5.74, 6) is -0.161. The van der Waals surface area contributed by atoms with Crippen LogP contribution in [0.25, 0.3) is 32.8 Å². The lowest BCUT2D eigenvalue weighted by atomic mass is 9.85. The minimum atomic E-state index is -1.11. The van der Waals surface area contributed by atoms with Gasteiger partial charge in [0, 0.05) is 29.1 Å². The Morgan fingerprint density at radius 2 is 2.00 bits per heavy atom. The summed E-state index contributed by atoms with van der Waals surface area (Å²) in [5.41, 5.74) is 4.79. The third kappa shape index (κ3) is 4.33. The number of pyridine rings is 1. The molecule has 0 saturated heterocycles. The molecular weight excluding hydrogens is 450 g/mol. The number of hydrogen-bond donors (Lipinski definition) is 1. The van der Waals surface area contributed by atoms with Crippen molar-refractivity contribution in [3.63, 3.8) is 0 Å². The summed E-state index contributed by atoms with van der Waals surface area (Å²) in [4.78, 5) is 17.6. The van der Waals surface area contributed by atoms with Gasteiger partial charge in [-0.2, -0.15) is 0 Å². The standard InChI is InChI=1S/C31H33NO4/c1-5-6-15-31(3,4)36-29(30(33)34)25-19(2)18-21-9-7-8-10-22(21)27(25)23-11-12-24-26-20(14-17-35-24)13-16-32-28(23)26/h7-13,16,18,29H,5-6,14-15,17H2,1-4H3,(H,33,34)/t29-/m0/s1. The number of carboxylic acid groups (broad SMARTS) is 1. The second-order valence-electron chi connectivity index (χ2n) is 10.3. The first kappa shape index (κ1) is 24.3. The average Bonchev–Trinajstić information content (AvgIpc) is 2.86. The van der Waals surface area contributed by atoms with Gasteiger partial charge in [0.1, 0.15) is 5.75 Å². The maximum atomic E-state index is 12.8. The Morgan fingerprint density at radius 1 is 1.19 bits per heavy atom. The quantitative estimate of drug-likeness (QED) is 0.283. The fourth-order valence-electron chi connectivity index (χ4n) is 5.45. The predicted molar refractivity (Wildman–Crippen MR) is 144 cm³/mol. The van der Waals surface area contributed by atoms with E-state index in [-0.39, 0.29) is 0 Å². The number of aryl methyl sites for hydroxylation is 1. The molecule has 1 aromatic heterocycles. The second kappa shape index (κ2) is 9.55. The molecule has 5 rings (SSSR count). The Labute approximate surface area is 212 Å². The molecule has 0 fully saturated rings. The number of ether oxygens (including phenoxy) is 2. The van der Waals surface area contributed by atoms with Gasteiger partial charge in [-0.05, 0) is 72.9 Å². The summed E-state index contributed by atoms with van der Waals surface area (Å²) in [6.07, 6.45) is 4.34. The number of unbranched alkanes of at least 4 members (excludes halogenated alkanes) is 1. The number of hydrogen-bond acceptors (Lipinski definition) is 4. The minimum absolute atomic E-state index is 0.583. The van der Waals surface area contributed by atoms with Crippen molar-refractivity contribution < 1.29 is 19.4 Å². The van der Waals surface area contributed by atoms with Crippen LogP contribution in [-0.4, -0.2) is 28.3 Å². The molecule has 0 amide bonds. The van der Waals surface area contributed by atoms with E-state index in [0.717, 1.165) is 69.8 Å². The van der Waals surface area contributed by atoms with Crippen molar-refractivity contribution in [3.05, 3.63) is 71.4 Å². The van der Waals surface area contributed by atoms with Crippen LogP contribution in [0.1, 0.15) is 62.8 Å². The van der Waals surface area contributed by atoms with E-state index < -0.39 is 17.7 Å². The van der Waals surface area contributed by atoms with Gasteiger partial charge < -0.3 is 14.6 Å². The Hall–Kier alpha value is -3.44. The summed E-state index contributed by atoms with van der Waals surface area (Å²) < 4.78 is 12.4. The van der Waals surface area contributed by atoms with Crippen molar-refractivity contribution in [1.82, 2.24) is 4.98 Å². The van der Waals surface area contributed by atoms with E-state index in [1.807, 2.05) is 57.3 Å². The zero-order valence-corrected chi connectivity index (χ0v) is 21.4. The molecule has 3 aromatic carbocycles. The highest BCUT2D eigenvalue weighted by atomic mass is 16.5. The predicted octanol–water partition coefficient (Wildman–Crippen LogP) is 7.41. The number of nitrogens with zero attached hydrogens (tertiary/aromatic N) is 1. The van der Waals surface area contributed by atoms with Gasteiger partial charge in [-0.15, -0.1) is 0 Å². The average molecular weight is 484 g/mol. The number of aromatic nitrogens is 1. The summed E-state index contributed by atoms with van der Waals surface area (Å²) in [6.45, 7) is 8.72. The minimum Gasteiger partial charge on any atom is -0.493 e. The molecule has 0 radical (unpaired) electrons. The van der Waals surface area contributed by atoms with Gasteiger partial charge in [-0.3, -0.25) is 4.98 Å². The molecule has 5 nitrogen and oxygen atoms in total. The fraction of sp³-hybridized carbons (Fsp3) is 0.355. The molecular formula is C31H33NO4. The van der Waals surface area contributed by atoms with Crippen molar-refractivity contribution >= 4 is 27.6 Å². The second-order valence-corrected chi connectivity index (χ2v) is 10.3. The summed E-state index contributed by atoms with van der Waals surface area (Å²) in [5, 5.41) is 13.5. The highest BCUT2D eigenvalue weighted by Crippen LogP contribution is 2.45. The van der Waals surface area contributed by atoms with Crippen molar-refractivity contribution in [2.45, 2.75) is 65.1 Å². The van der Waals surface area contributed by atoms with Crippen LogP contribution >= 0.6 is 0 Å². The molecule has 0 spiro atoms. The van der Waals surface area contributed by atoms with E-state index >= 15 is 0 Å². The number of aliphatic carboxylic acids is 1. The lowest BCUT2D eigenvalue weighted by Crippen LogP contribution is -2.31. The topological polar surface area (TPSA) is 68.7 Å². The molecule has 1 atom stereocenters. The summed E-state index contributed by atoms with van der Waals surface area (Å²) >= 11 is 0. The molecule has 36 heavy (non-hydrogen) atoms. The molecule has 0 bridgehead atoms. The molecule has 0 unspecified atom stereocenters. The van der Waals surface area contributed by atoms with Crippen molar-refractivity contribution in [3.8, 4) is 16.9 Å². The first-order chi connectivity index (χ1) is 17.3. The largest absolute Gasteiger partial charge is 0.493 e. The molecule has 1 aliphatic heterocycles. The third-order valence-corrected chi connectivity index (χ3v) is 7.19. The maximum absolute atomic E-state index is 12.8. The van der Waals surface area contributed by atoms with Gasteiger partial charge in [0.25, 0.3) is 0 Å². The third-order valence-electron chi connectivity index (χ3n) is 7.19. The van der Waals surface area contributed by atoms with Gasteiger partial charge in [-0.25, -0.2) is 4.79 Å². The molecule has 1 N–H and O–H groups in total. The molecule has 186 valence electrons. The van der Waals surface area contributed by atoms with E-state index in [2.05, 4.69) is 25.1 Å².